The number of carbonyl (C=O) groups is 1. The zero-order valence-electron chi connectivity index (χ0n) is 21.2. The minimum atomic E-state index is -0.254. The third-order valence-corrected chi connectivity index (χ3v) is 6.76. The number of pyridine rings is 1. The normalized spacial score (nSPS) is 11.3. The maximum atomic E-state index is 12.7. The molecule has 0 aliphatic heterocycles. The topological polar surface area (TPSA) is 123 Å². The number of anilines is 3. The van der Waals surface area contributed by atoms with Crippen molar-refractivity contribution < 1.29 is 9.21 Å². The summed E-state index contributed by atoms with van der Waals surface area (Å²) >= 11 is 0. The monoisotopic (exact) mass is 525 g/mol. The summed E-state index contributed by atoms with van der Waals surface area (Å²) in [5.74, 6) is 0.294. The van der Waals surface area contributed by atoms with E-state index in [0.717, 1.165) is 50.0 Å². The van der Waals surface area contributed by atoms with Crippen LogP contribution in [0.15, 0.2) is 108 Å². The van der Waals surface area contributed by atoms with Crippen LogP contribution in [-0.4, -0.2) is 25.5 Å². The van der Waals surface area contributed by atoms with E-state index in [1.165, 1.54) is 6.20 Å². The Bertz CT molecular complexity index is 2030. The van der Waals surface area contributed by atoms with Crippen LogP contribution in [0.2, 0.25) is 0 Å². The number of nitrogens with zero attached hydrogens (tertiary/aromatic N) is 4. The van der Waals surface area contributed by atoms with Gasteiger partial charge in [0.2, 0.25) is 5.95 Å². The minimum absolute atomic E-state index is 0.254. The number of fused-ring (bicyclic) bond motifs is 4. The van der Waals surface area contributed by atoms with Crippen LogP contribution in [0.5, 0.6) is 0 Å². The van der Waals surface area contributed by atoms with E-state index in [-0.39, 0.29) is 5.91 Å². The molecule has 0 radical (unpaired) electrons. The molecular formula is C31H23N7O2. The van der Waals surface area contributed by atoms with Gasteiger partial charge >= 0.3 is 0 Å². The molecule has 3 aromatic carbocycles. The van der Waals surface area contributed by atoms with Crippen LogP contribution in [0.4, 0.5) is 17.3 Å². The summed E-state index contributed by atoms with van der Waals surface area (Å²) < 4.78 is 8.00. The number of furan rings is 1. The van der Waals surface area contributed by atoms with Crippen molar-refractivity contribution in [2.45, 2.75) is 6.54 Å². The van der Waals surface area contributed by atoms with E-state index in [9.17, 15) is 4.79 Å². The van der Waals surface area contributed by atoms with Gasteiger partial charge in [-0.2, -0.15) is 5.10 Å². The first-order chi connectivity index (χ1) is 19.7. The van der Waals surface area contributed by atoms with Crippen LogP contribution in [-0.2, 0) is 6.54 Å². The Kier molecular flexibility index (Phi) is 5.68. The quantitative estimate of drug-likeness (QED) is 0.238. The van der Waals surface area contributed by atoms with Crippen molar-refractivity contribution in [3.8, 4) is 11.3 Å². The Morgan fingerprint density at radius 1 is 0.900 bits per heavy atom. The summed E-state index contributed by atoms with van der Waals surface area (Å²) in [4.78, 5) is 21.7. The van der Waals surface area contributed by atoms with Gasteiger partial charge in [-0.3, -0.25) is 9.78 Å². The lowest BCUT2D eigenvalue weighted by atomic mass is 10.1. The van der Waals surface area contributed by atoms with Crippen LogP contribution >= 0.6 is 0 Å². The van der Waals surface area contributed by atoms with E-state index < -0.39 is 0 Å². The molecule has 9 nitrogen and oxygen atoms in total. The first-order valence-corrected chi connectivity index (χ1v) is 12.7. The number of carbonyl (C=O) groups excluding carboxylic acids is 1. The van der Waals surface area contributed by atoms with Crippen molar-refractivity contribution in [1.29, 1.82) is 0 Å². The van der Waals surface area contributed by atoms with Crippen molar-refractivity contribution in [3.63, 3.8) is 0 Å². The second-order valence-electron chi connectivity index (χ2n) is 9.36. The smallest absolute Gasteiger partial charge is 0.257 e. The molecule has 0 spiro atoms. The molecule has 7 rings (SSSR count). The first kappa shape index (κ1) is 23.6. The second-order valence-corrected chi connectivity index (χ2v) is 9.36. The number of aromatic nitrogens is 4. The van der Waals surface area contributed by atoms with Crippen molar-refractivity contribution in [2.75, 3.05) is 10.6 Å². The maximum Gasteiger partial charge on any atom is 0.257 e. The number of rotatable bonds is 6. The lowest BCUT2D eigenvalue weighted by molar-refractivity contribution is 0.102. The number of hydrogen-bond donors (Lipinski definition) is 3. The summed E-state index contributed by atoms with van der Waals surface area (Å²) in [6.45, 7) is 0.320. The van der Waals surface area contributed by atoms with Gasteiger partial charge in [0, 0.05) is 46.6 Å². The fourth-order valence-corrected chi connectivity index (χ4v) is 4.79. The average molecular weight is 526 g/mol. The molecule has 0 unspecified atom stereocenters. The highest BCUT2D eigenvalue weighted by atomic mass is 16.3. The maximum absolute atomic E-state index is 12.7. The molecule has 0 saturated heterocycles. The number of nitrogens with two attached hydrogens (primary N) is 1. The van der Waals surface area contributed by atoms with Crippen LogP contribution in [0, 0.1) is 0 Å². The van der Waals surface area contributed by atoms with Gasteiger partial charge in [0.05, 0.1) is 23.0 Å². The summed E-state index contributed by atoms with van der Waals surface area (Å²) in [5.41, 5.74) is 12.5. The van der Waals surface area contributed by atoms with Crippen LogP contribution < -0.4 is 16.4 Å². The third-order valence-electron chi connectivity index (χ3n) is 6.76. The first-order valence-electron chi connectivity index (χ1n) is 12.7. The lowest BCUT2D eigenvalue weighted by Gasteiger charge is -2.11. The number of para-hydroxylation sites is 2. The molecule has 0 bridgehead atoms. The molecule has 40 heavy (non-hydrogen) atoms. The Labute approximate surface area is 228 Å². The average Bonchev–Trinajstić information content (AvgIpc) is 3.63. The fourth-order valence-electron chi connectivity index (χ4n) is 4.79. The SMILES string of the molecule is NCc1cncc(C(=O)Nc2ccc(Nc3nc(-c4cccc5c4oc4ccccc45)cc4ccnn34)cc2)c1. The molecule has 0 atom stereocenters. The van der Waals surface area contributed by atoms with Crippen LogP contribution in [0.1, 0.15) is 15.9 Å². The Morgan fingerprint density at radius 2 is 1.73 bits per heavy atom. The van der Waals surface area contributed by atoms with Crippen LogP contribution in [0.25, 0.3) is 38.7 Å². The summed E-state index contributed by atoms with van der Waals surface area (Å²) in [5, 5.41) is 12.8. The Morgan fingerprint density at radius 3 is 2.60 bits per heavy atom. The van der Waals surface area contributed by atoms with Gasteiger partial charge in [-0.25, -0.2) is 9.50 Å². The van der Waals surface area contributed by atoms with Crippen molar-refractivity contribution in [2.24, 2.45) is 5.73 Å². The molecule has 194 valence electrons. The molecule has 4 heterocycles. The van der Waals surface area contributed by atoms with E-state index >= 15 is 0 Å². The van der Waals surface area contributed by atoms with Gasteiger partial charge in [0.15, 0.2) is 0 Å². The van der Waals surface area contributed by atoms with Crippen molar-refractivity contribution in [3.05, 3.63) is 115 Å². The number of amides is 1. The molecule has 0 aliphatic rings. The highest BCUT2D eigenvalue weighted by Gasteiger charge is 2.16. The Balaban J connectivity index is 1.19. The van der Waals surface area contributed by atoms with E-state index in [2.05, 4.69) is 32.8 Å². The summed E-state index contributed by atoms with van der Waals surface area (Å²) in [6, 6.07) is 27.1. The fraction of sp³-hybridized carbons (Fsp3) is 0.0323. The zero-order chi connectivity index (χ0) is 27.1. The van der Waals surface area contributed by atoms with Gasteiger partial charge in [-0.05, 0) is 60.2 Å². The standard InChI is InChI=1S/C31H23N7O2/c32-16-19-14-20(18-33-17-19)30(39)35-21-8-10-22(11-9-21)36-31-37-27(15-23-12-13-34-38(23)31)26-6-3-5-25-24-4-1-2-7-28(24)40-29(25)26/h1-15,17-18H,16,32H2,(H,35,39)(H,36,37). The molecular weight excluding hydrogens is 502 g/mol. The summed E-state index contributed by atoms with van der Waals surface area (Å²) in [6.07, 6.45) is 4.90. The van der Waals surface area contributed by atoms with Crippen LogP contribution in [0.3, 0.4) is 0 Å². The number of benzene rings is 3. The molecule has 0 aliphatic carbocycles. The van der Waals surface area contributed by atoms with Gasteiger partial charge in [-0.15, -0.1) is 0 Å². The lowest BCUT2D eigenvalue weighted by Crippen LogP contribution is -2.13. The summed E-state index contributed by atoms with van der Waals surface area (Å²) in [7, 11) is 0. The van der Waals surface area contributed by atoms with Gasteiger partial charge < -0.3 is 20.8 Å². The van der Waals surface area contributed by atoms with Gasteiger partial charge in [-0.1, -0.05) is 30.3 Å². The Hall–Kier alpha value is -5.54. The molecule has 4 aromatic heterocycles. The number of nitrogens with one attached hydrogen (secondary N) is 2. The highest BCUT2D eigenvalue weighted by Crippen LogP contribution is 2.36. The van der Waals surface area contributed by atoms with E-state index in [4.69, 9.17) is 15.1 Å². The third kappa shape index (κ3) is 4.20. The van der Waals surface area contributed by atoms with Crippen molar-refractivity contribution in [1.82, 2.24) is 19.6 Å². The molecule has 4 N–H and O–H groups in total. The zero-order valence-corrected chi connectivity index (χ0v) is 21.2. The molecule has 0 fully saturated rings. The van der Waals surface area contributed by atoms with Gasteiger partial charge in [0.25, 0.3) is 5.91 Å². The largest absolute Gasteiger partial charge is 0.455 e. The molecule has 1 amide bonds. The minimum Gasteiger partial charge on any atom is -0.455 e. The number of hydrogen-bond acceptors (Lipinski definition) is 7. The molecule has 0 saturated carbocycles. The van der Waals surface area contributed by atoms with E-state index in [1.807, 2.05) is 66.7 Å². The molecule has 7 aromatic rings. The second kappa shape index (κ2) is 9.64. The van der Waals surface area contributed by atoms with Gasteiger partial charge in [0.1, 0.15) is 11.2 Å². The predicted octanol–water partition coefficient (Wildman–Crippen LogP) is 6.15. The van der Waals surface area contributed by atoms with Crippen molar-refractivity contribution >= 4 is 50.7 Å². The van der Waals surface area contributed by atoms with E-state index in [1.54, 1.807) is 23.0 Å². The predicted molar refractivity (Wildman–Crippen MR) is 156 cm³/mol. The molecule has 9 heteroatoms. The van der Waals surface area contributed by atoms with E-state index in [0.29, 0.717) is 23.7 Å². The highest BCUT2D eigenvalue weighted by molar-refractivity contribution is 6.09.